The van der Waals surface area contributed by atoms with Crippen molar-refractivity contribution in [3.05, 3.63) is 65.5 Å². The lowest BCUT2D eigenvalue weighted by Gasteiger charge is -2.05. The summed E-state index contributed by atoms with van der Waals surface area (Å²) < 4.78 is 0. The fourth-order valence-electron chi connectivity index (χ4n) is 4.77. The van der Waals surface area contributed by atoms with Crippen LogP contribution in [0, 0.1) is 0 Å². The van der Waals surface area contributed by atoms with Crippen LogP contribution in [0.15, 0.2) is 58.5 Å². The van der Waals surface area contributed by atoms with Gasteiger partial charge in [-0.2, -0.15) is 0 Å². The topological polar surface area (TPSA) is 248 Å². The van der Waals surface area contributed by atoms with E-state index in [0.29, 0.717) is 48.8 Å². The van der Waals surface area contributed by atoms with Gasteiger partial charge in [0, 0.05) is 59.2 Å². The smallest absolute Gasteiger partial charge is 0.267 e. The van der Waals surface area contributed by atoms with Gasteiger partial charge in [0.15, 0.2) is 11.9 Å². The average Bonchev–Trinajstić information content (AvgIpc) is 3.63. The van der Waals surface area contributed by atoms with E-state index in [-0.39, 0.29) is 29.6 Å². The van der Waals surface area contributed by atoms with Crippen LogP contribution in [-0.2, 0) is 0 Å². The third-order valence-corrected chi connectivity index (χ3v) is 7.08. The van der Waals surface area contributed by atoms with E-state index >= 15 is 0 Å². The fraction of sp³-hybridized carbons (Fsp3) is 0.323. The third kappa shape index (κ3) is 9.74. The molecule has 0 aliphatic carbocycles. The van der Waals surface area contributed by atoms with Crippen molar-refractivity contribution in [1.82, 2.24) is 20.6 Å². The maximum atomic E-state index is 13.1. The lowest BCUT2D eigenvalue weighted by molar-refractivity contribution is 0.0941. The molecule has 0 aliphatic heterocycles. The molecule has 2 heterocycles. The summed E-state index contributed by atoms with van der Waals surface area (Å²) in [5.74, 6) is -0.543. The number of aromatic nitrogens is 2. The molecule has 3 amide bonds. The number of hydrogen-bond acceptors (Lipinski definition) is 5. The molecule has 0 radical (unpaired) electrons. The maximum absolute atomic E-state index is 13.1. The van der Waals surface area contributed by atoms with E-state index in [1.807, 2.05) is 12.1 Å². The SMILES string of the molecule is NC(N)=NCCCCCNC(=O)c1cc2cc(NC(=O)c3ccc4[nH]c(C(=O)NCCCCCN=C(N)N)cc4c3)ccc2[nH]1. The van der Waals surface area contributed by atoms with Gasteiger partial charge >= 0.3 is 0 Å². The zero-order chi connectivity index (χ0) is 32.2. The molecule has 0 atom stereocenters. The van der Waals surface area contributed by atoms with Crippen LogP contribution in [0.4, 0.5) is 5.69 Å². The summed E-state index contributed by atoms with van der Waals surface area (Å²) in [6.07, 6.45) is 5.09. The molecule has 0 saturated carbocycles. The first kappa shape index (κ1) is 32.4. The Morgan fingerprint density at radius 1 is 0.600 bits per heavy atom. The number of nitrogens with two attached hydrogens (primary N) is 4. The van der Waals surface area contributed by atoms with Gasteiger partial charge < -0.3 is 48.9 Å². The van der Waals surface area contributed by atoms with Crippen LogP contribution in [0.2, 0.25) is 0 Å². The highest BCUT2D eigenvalue weighted by molar-refractivity contribution is 6.08. The number of anilines is 1. The number of aromatic amines is 2. The Hall–Kier alpha value is -5.53. The monoisotopic (exact) mass is 615 g/mol. The molecule has 2 aromatic carbocycles. The zero-order valence-electron chi connectivity index (χ0n) is 25.1. The van der Waals surface area contributed by atoms with Crippen molar-refractivity contribution < 1.29 is 14.4 Å². The predicted octanol–water partition coefficient (Wildman–Crippen LogP) is 2.25. The minimum atomic E-state index is -0.294. The summed E-state index contributed by atoms with van der Waals surface area (Å²) in [6, 6.07) is 14.1. The van der Waals surface area contributed by atoms with Crippen LogP contribution in [0.25, 0.3) is 21.8 Å². The normalized spacial score (nSPS) is 10.8. The molecule has 238 valence electrons. The number of guanidine groups is 2. The first-order chi connectivity index (χ1) is 21.7. The van der Waals surface area contributed by atoms with Gasteiger partial charge in [-0.25, -0.2) is 0 Å². The molecule has 0 unspecified atom stereocenters. The van der Waals surface area contributed by atoms with E-state index in [4.69, 9.17) is 22.9 Å². The molecule has 4 aromatic rings. The van der Waals surface area contributed by atoms with Crippen molar-refractivity contribution in [3.63, 3.8) is 0 Å². The van der Waals surface area contributed by atoms with Crippen LogP contribution in [0.1, 0.15) is 69.9 Å². The number of hydrogen-bond donors (Lipinski definition) is 9. The van der Waals surface area contributed by atoms with Gasteiger partial charge in [-0.05, 0) is 87.1 Å². The summed E-state index contributed by atoms with van der Waals surface area (Å²) in [7, 11) is 0. The molecule has 0 fully saturated rings. The second kappa shape index (κ2) is 15.8. The molecule has 14 nitrogen and oxygen atoms in total. The summed E-state index contributed by atoms with van der Waals surface area (Å²) in [6.45, 7) is 2.21. The Morgan fingerprint density at radius 2 is 1.11 bits per heavy atom. The minimum absolute atomic E-state index is 0.0820. The van der Waals surface area contributed by atoms with E-state index < -0.39 is 0 Å². The molecule has 0 saturated heterocycles. The molecule has 13 N–H and O–H groups in total. The zero-order valence-corrected chi connectivity index (χ0v) is 25.1. The number of nitrogens with one attached hydrogen (secondary N) is 5. The highest BCUT2D eigenvalue weighted by Gasteiger charge is 2.14. The molecule has 0 aliphatic rings. The quantitative estimate of drug-likeness (QED) is 0.0516. The number of aliphatic imine (C=N–C) groups is 2. The highest BCUT2D eigenvalue weighted by Crippen LogP contribution is 2.22. The van der Waals surface area contributed by atoms with Gasteiger partial charge in [0.1, 0.15) is 11.4 Å². The first-order valence-electron chi connectivity index (χ1n) is 14.9. The van der Waals surface area contributed by atoms with E-state index in [1.165, 1.54) is 0 Å². The Labute approximate surface area is 260 Å². The lowest BCUT2D eigenvalue weighted by Crippen LogP contribution is -2.24. The highest BCUT2D eigenvalue weighted by atomic mass is 16.2. The van der Waals surface area contributed by atoms with E-state index in [1.54, 1.807) is 36.4 Å². The van der Waals surface area contributed by atoms with Gasteiger partial charge in [0.05, 0.1) is 0 Å². The number of amides is 3. The average molecular weight is 616 g/mol. The lowest BCUT2D eigenvalue weighted by atomic mass is 10.1. The van der Waals surface area contributed by atoms with Crippen LogP contribution in [0.5, 0.6) is 0 Å². The minimum Gasteiger partial charge on any atom is -0.370 e. The van der Waals surface area contributed by atoms with Crippen LogP contribution < -0.4 is 38.9 Å². The van der Waals surface area contributed by atoms with Gasteiger partial charge in [-0.1, -0.05) is 0 Å². The second-order valence-corrected chi connectivity index (χ2v) is 10.7. The van der Waals surface area contributed by atoms with E-state index in [2.05, 4.69) is 35.9 Å². The molecule has 4 rings (SSSR count). The Morgan fingerprint density at radius 3 is 1.64 bits per heavy atom. The number of nitrogens with zero attached hydrogens (tertiary/aromatic N) is 2. The number of unbranched alkanes of at least 4 members (excludes halogenated alkanes) is 4. The summed E-state index contributed by atoms with van der Waals surface area (Å²) >= 11 is 0. The van der Waals surface area contributed by atoms with Crippen molar-refractivity contribution in [1.29, 1.82) is 0 Å². The van der Waals surface area contributed by atoms with E-state index in [0.717, 1.165) is 60.3 Å². The predicted molar refractivity (Wildman–Crippen MR) is 178 cm³/mol. The molecule has 2 aromatic heterocycles. The molecule has 45 heavy (non-hydrogen) atoms. The van der Waals surface area contributed by atoms with Crippen LogP contribution in [-0.4, -0.2) is 65.8 Å². The van der Waals surface area contributed by atoms with E-state index in [9.17, 15) is 14.4 Å². The second-order valence-electron chi connectivity index (χ2n) is 10.7. The van der Waals surface area contributed by atoms with Gasteiger partial charge in [-0.3, -0.25) is 24.4 Å². The molecule has 0 bridgehead atoms. The van der Waals surface area contributed by atoms with Gasteiger partial charge in [0.2, 0.25) is 0 Å². The first-order valence-corrected chi connectivity index (χ1v) is 14.9. The number of fused-ring (bicyclic) bond motifs is 2. The number of benzene rings is 2. The summed E-state index contributed by atoms with van der Waals surface area (Å²) in [5.41, 5.74) is 24.7. The fourth-order valence-corrected chi connectivity index (χ4v) is 4.77. The number of H-pyrrole nitrogens is 2. The summed E-state index contributed by atoms with van der Waals surface area (Å²) in [5, 5.41) is 10.3. The maximum Gasteiger partial charge on any atom is 0.267 e. The van der Waals surface area contributed by atoms with Crippen molar-refractivity contribution in [3.8, 4) is 0 Å². The van der Waals surface area contributed by atoms with Crippen molar-refractivity contribution in [2.45, 2.75) is 38.5 Å². The Bertz CT molecular complexity index is 1700. The largest absolute Gasteiger partial charge is 0.370 e. The van der Waals surface area contributed by atoms with Crippen molar-refractivity contribution in [2.75, 3.05) is 31.5 Å². The van der Waals surface area contributed by atoms with Crippen molar-refractivity contribution >= 4 is 57.1 Å². The Balaban J connectivity index is 1.28. The molecular formula is C31H41N11O3. The third-order valence-electron chi connectivity index (χ3n) is 7.08. The summed E-state index contributed by atoms with van der Waals surface area (Å²) in [4.78, 5) is 52.4. The van der Waals surface area contributed by atoms with Crippen LogP contribution in [0.3, 0.4) is 0 Å². The standard InChI is InChI=1S/C31H41N11O3/c32-30(33)38-13-5-1-3-11-36-28(44)25-17-20-15-19(7-9-23(20)41-25)27(43)40-22-8-10-24-21(16-22)18-26(42-24)29(45)37-12-4-2-6-14-39-31(34)35/h7-10,15-18,41-42H,1-6,11-14H2,(H,36,44)(H,37,45)(H,40,43)(H4,32,33,38)(H4,34,35,39). The number of carbonyl (C=O) groups excluding carboxylic acids is 3. The number of carbonyl (C=O) groups is 3. The number of rotatable bonds is 16. The van der Waals surface area contributed by atoms with Gasteiger partial charge in [-0.15, -0.1) is 0 Å². The molecular weight excluding hydrogens is 574 g/mol. The molecule has 0 spiro atoms. The van der Waals surface area contributed by atoms with Crippen LogP contribution >= 0.6 is 0 Å². The Kier molecular flexibility index (Phi) is 11.4. The van der Waals surface area contributed by atoms with Crippen molar-refractivity contribution in [2.24, 2.45) is 32.9 Å². The van der Waals surface area contributed by atoms with Gasteiger partial charge in [0.25, 0.3) is 17.7 Å². The molecule has 14 heteroatoms.